The van der Waals surface area contributed by atoms with E-state index in [9.17, 15) is 0 Å². The molecule has 0 saturated carbocycles. The fraction of sp³-hybridized carbons (Fsp3) is 0.857. The van der Waals surface area contributed by atoms with E-state index in [2.05, 4.69) is 25.9 Å². The highest BCUT2D eigenvalue weighted by Crippen LogP contribution is 2.10. The molecule has 13 heavy (non-hydrogen) atoms. The number of aromatic nitrogens is 4. The van der Waals surface area contributed by atoms with Crippen molar-refractivity contribution in [1.82, 2.24) is 25.9 Å². The van der Waals surface area contributed by atoms with Gasteiger partial charge in [-0.1, -0.05) is 5.21 Å². The summed E-state index contributed by atoms with van der Waals surface area (Å²) in [5.74, 6) is 1.35. The van der Waals surface area contributed by atoms with Crippen LogP contribution in [0.1, 0.15) is 12.2 Å². The first kappa shape index (κ1) is 8.58. The first-order valence-electron chi connectivity index (χ1n) is 4.46. The Kier molecular flexibility index (Phi) is 2.83. The molecular formula is C7H13N5O. The molecule has 1 atom stereocenters. The summed E-state index contributed by atoms with van der Waals surface area (Å²) in [6.07, 6.45) is 1.15. The minimum atomic E-state index is 0.645. The summed E-state index contributed by atoms with van der Waals surface area (Å²) in [7, 11) is 0. The highest BCUT2D eigenvalue weighted by atomic mass is 16.5. The third-order valence-corrected chi connectivity index (χ3v) is 2.13. The molecule has 6 heteroatoms. The van der Waals surface area contributed by atoms with Crippen LogP contribution in [-0.4, -0.2) is 40.4 Å². The SMILES string of the molecule is C1CC(CNCc2nn[nH]n2)CO1. The summed E-state index contributed by atoms with van der Waals surface area (Å²) < 4.78 is 5.26. The molecule has 72 valence electrons. The van der Waals surface area contributed by atoms with Gasteiger partial charge in [-0.05, 0) is 12.3 Å². The van der Waals surface area contributed by atoms with Crippen molar-refractivity contribution < 1.29 is 4.74 Å². The number of hydrogen-bond acceptors (Lipinski definition) is 5. The van der Waals surface area contributed by atoms with Gasteiger partial charge < -0.3 is 10.1 Å². The lowest BCUT2D eigenvalue weighted by Gasteiger charge is -2.06. The second-order valence-electron chi connectivity index (χ2n) is 3.19. The molecule has 0 radical (unpaired) electrons. The molecule has 6 nitrogen and oxygen atoms in total. The molecule has 1 fully saturated rings. The molecular weight excluding hydrogens is 170 g/mol. The van der Waals surface area contributed by atoms with Crippen molar-refractivity contribution >= 4 is 0 Å². The lowest BCUT2D eigenvalue weighted by molar-refractivity contribution is 0.185. The van der Waals surface area contributed by atoms with Crippen LogP contribution in [-0.2, 0) is 11.3 Å². The minimum absolute atomic E-state index is 0.645. The number of nitrogens with zero attached hydrogens (tertiary/aromatic N) is 3. The van der Waals surface area contributed by atoms with Crippen LogP contribution >= 0.6 is 0 Å². The van der Waals surface area contributed by atoms with Crippen LogP contribution in [0.3, 0.4) is 0 Å². The summed E-state index contributed by atoms with van der Waals surface area (Å²) >= 11 is 0. The molecule has 1 aliphatic heterocycles. The molecule has 0 aliphatic carbocycles. The van der Waals surface area contributed by atoms with Crippen molar-refractivity contribution in [2.24, 2.45) is 5.92 Å². The van der Waals surface area contributed by atoms with Gasteiger partial charge in [0.25, 0.3) is 0 Å². The predicted molar refractivity (Wildman–Crippen MR) is 44.8 cm³/mol. The Morgan fingerprint density at radius 1 is 1.62 bits per heavy atom. The maximum Gasteiger partial charge on any atom is 0.188 e. The minimum Gasteiger partial charge on any atom is -0.381 e. The van der Waals surface area contributed by atoms with Gasteiger partial charge in [0.05, 0.1) is 13.2 Å². The smallest absolute Gasteiger partial charge is 0.188 e. The lowest BCUT2D eigenvalue weighted by Crippen LogP contribution is -2.23. The highest BCUT2D eigenvalue weighted by molar-refractivity contribution is 4.75. The molecule has 1 saturated heterocycles. The van der Waals surface area contributed by atoms with E-state index in [0.717, 1.165) is 26.2 Å². The van der Waals surface area contributed by atoms with Crippen molar-refractivity contribution in [3.05, 3.63) is 5.82 Å². The number of aromatic amines is 1. The predicted octanol–water partition coefficient (Wildman–Crippen LogP) is -0.674. The van der Waals surface area contributed by atoms with E-state index in [1.165, 1.54) is 0 Å². The molecule has 0 spiro atoms. The zero-order valence-electron chi connectivity index (χ0n) is 7.36. The lowest BCUT2D eigenvalue weighted by atomic mass is 10.1. The average molecular weight is 183 g/mol. The Morgan fingerprint density at radius 2 is 2.62 bits per heavy atom. The Morgan fingerprint density at radius 3 is 3.31 bits per heavy atom. The number of rotatable bonds is 4. The third kappa shape index (κ3) is 2.46. The zero-order chi connectivity index (χ0) is 8.93. The summed E-state index contributed by atoms with van der Waals surface area (Å²) in [5, 5.41) is 16.8. The van der Waals surface area contributed by atoms with Crippen LogP contribution in [0, 0.1) is 5.92 Å². The van der Waals surface area contributed by atoms with Gasteiger partial charge in [-0.2, -0.15) is 5.21 Å². The van der Waals surface area contributed by atoms with Crippen molar-refractivity contribution in [2.45, 2.75) is 13.0 Å². The van der Waals surface area contributed by atoms with Crippen molar-refractivity contribution in [3.63, 3.8) is 0 Å². The summed E-state index contributed by atoms with van der Waals surface area (Å²) in [6.45, 7) is 3.41. The molecule has 1 unspecified atom stereocenters. The van der Waals surface area contributed by atoms with Crippen LogP contribution in [0.4, 0.5) is 0 Å². The number of ether oxygens (including phenoxy) is 1. The Hall–Kier alpha value is -1.01. The number of tetrazole rings is 1. The summed E-state index contributed by atoms with van der Waals surface area (Å²) in [5.41, 5.74) is 0. The first-order valence-corrected chi connectivity index (χ1v) is 4.46. The van der Waals surface area contributed by atoms with Gasteiger partial charge in [0, 0.05) is 13.2 Å². The molecule has 2 rings (SSSR count). The Labute approximate surface area is 76.1 Å². The third-order valence-electron chi connectivity index (χ3n) is 2.13. The summed E-state index contributed by atoms with van der Waals surface area (Å²) in [4.78, 5) is 0. The highest BCUT2D eigenvalue weighted by Gasteiger charge is 2.14. The molecule has 1 aromatic rings. The summed E-state index contributed by atoms with van der Waals surface area (Å²) in [6, 6.07) is 0. The molecule has 2 heterocycles. The van der Waals surface area contributed by atoms with Crippen LogP contribution in [0.15, 0.2) is 0 Å². The maximum absolute atomic E-state index is 5.26. The fourth-order valence-electron chi connectivity index (χ4n) is 1.39. The normalized spacial score (nSPS) is 22.3. The second kappa shape index (κ2) is 4.29. The van der Waals surface area contributed by atoms with E-state index in [0.29, 0.717) is 18.3 Å². The van der Waals surface area contributed by atoms with Crippen molar-refractivity contribution in [3.8, 4) is 0 Å². The second-order valence-corrected chi connectivity index (χ2v) is 3.19. The standard InChI is InChI=1S/C7H13N5O/c1-2-13-5-6(1)3-8-4-7-9-11-12-10-7/h6,8H,1-5H2,(H,9,10,11,12). The van der Waals surface area contributed by atoms with Crippen LogP contribution in [0.2, 0.25) is 0 Å². The van der Waals surface area contributed by atoms with Gasteiger partial charge in [0.2, 0.25) is 0 Å². The molecule has 1 aliphatic rings. The molecule has 0 bridgehead atoms. The van der Waals surface area contributed by atoms with E-state index in [-0.39, 0.29) is 0 Å². The number of nitrogens with one attached hydrogen (secondary N) is 2. The van der Waals surface area contributed by atoms with Gasteiger partial charge in [-0.15, -0.1) is 10.2 Å². The van der Waals surface area contributed by atoms with Gasteiger partial charge in [-0.3, -0.25) is 0 Å². The van der Waals surface area contributed by atoms with Gasteiger partial charge >= 0.3 is 0 Å². The molecule has 0 amide bonds. The van der Waals surface area contributed by atoms with E-state index in [4.69, 9.17) is 4.74 Å². The fourth-order valence-corrected chi connectivity index (χ4v) is 1.39. The van der Waals surface area contributed by atoms with E-state index >= 15 is 0 Å². The Balaban J connectivity index is 1.63. The van der Waals surface area contributed by atoms with Gasteiger partial charge in [-0.25, -0.2) is 0 Å². The van der Waals surface area contributed by atoms with Crippen LogP contribution < -0.4 is 5.32 Å². The molecule has 0 aromatic carbocycles. The zero-order valence-corrected chi connectivity index (χ0v) is 7.36. The first-order chi connectivity index (χ1) is 6.45. The van der Waals surface area contributed by atoms with Crippen LogP contribution in [0.5, 0.6) is 0 Å². The number of hydrogen-bond donors (Lipinski definition) is 2. The van der Waals surface area contributed by atoms with Gasteiger partial charge in [0.15, 0.2) is 5.82 Å². The number of H-pyrrole nitrogens is 1. The monoisotopic (exact) mass is 183 g/mol. The molecule has 1 aromatic heterocycles. The average Bonchev–Trinajstić information content (AvgIpc) is 2.75. The topological polar surface area (TPSA) is 75.7 Å². The van der Waals surface area contributed by atoms with Gasteiger partial charge in [0.1, 0.15) is 0 Å². The van der Waals surface area contributed by atoms with Crippen molar-refractivity contribution in [2.75, 3.05) is 19.8 Å². The molecule has 2 N–H and O–H groups in total. The van der Waals surface area contributed by atoms with Crippen LogP contribution in [0.25, 0.3) is 0 Å². The largest absolute Gasteiger partial charge is 0.381 e. The van der Waals surface area contributed by atoms with E-state index in [1.54, 1.807) is 0 Å². The van der Waals surface area contributed by atoms with E-state index in [1.807, 2.05) is 0 Å². The Bertz CT molecular complexity index is 231. The quantitative estimate of drug-likeness (QED) is 0.647. The maximum atomic E-state index is 5.26. The van der Waals surface area contributed by atoms with Crippen molar-refractivity contribution in [1.29, 1.82) is 0 Å². The van der Waals surface area contributed by atoms with E-state index < -0.39 is 0 Å².